The van der Waals surface area contributed by atoms with Crippen LogP contribution in [0.15, 0.2) is 0 Å². The van der Waals surface area contributed by atoms with Crippen molar-refractivity contribution in [2.75, 3.05) is 13.7 Å². The summed E-state index contributed by atoms with van der Waals surface area (Å²) >= 11 is 0. The highest BCUT2D eigenvalue weighted by Crippen LogP contribution is 2.38. The first kappa shape index (κ1) is 13.7. The number of ether oxygens (including phenoxy) is 1. The molecule has 0 radical (unpaired) electrons. The molecule has 0 aromatic rings. The van der Waals surface area contributed by atoms with Gasteiger partial charge in [-0.15, -0.1) is 12.4 Å². The van der Waals surface area contributed by atoms with E-state index in [1.165, 1.54) is 7.11 Å². The van der Waals surface area contributed by atoms with Crippen molar-refractivity contribution in [2.45, 2.75) is 32.6 Å². The Morgan fingerprint density at radius 1 is 1.50 bits per heavy atom. The second-order valence-corrected chi connectivity index (χ2v) is 4.16. The third-order valence-electron chi connectivity index (χ3n) is 3.24. The fourth-order valence-electron chi connectivity index (χ4n) is 2.02. The fourth-order valence-corrected chi connectivity index (χ4v) is 2.02. The second-order valence-electron chi connectivity index (χ2n) is 4.16. The summed E-state index contributed by atoms with van der Waals surface area (Å²) in [6.45, 7) is 2.64. The summed E-state index contributed by atoms with van der Waals surface area (Å²) in [5.74, 6) is 0.603. The molecule has 1 rings (SSSR count). The summed E-state index contributed by atoms with van der Waals surface area (Å²) < 4.78 is 4.80. The molecule has 0 aromatic carbocycles. The van der Waals surface area contributed by atoms with Gasteiger partial charge in [0.25, 0.3) is 0 Å². The Balaban J connectivity index is 0.00000169. The van der Waals surface area contributed by atoms with Crippen molar-refractivity contribution in [2.24, 2.45) is 17.1 Å². The molecule has 84 valence electrons. The summed E-state index contributed by atoms with van der Waals surface area (Å²) in [7, 11) is 1.44. The van der Waals surface area contributed by atoms with Crippen molar-refractivity contribution >= 4 is 18.4 Å². The molecule has 0 heterocycles. The number of carbonyl (C=O) groups is 1. The largest absolute Gasteiger partial charge is 0.469 e. The van der Waals surface area contributed by atoms with Crippen LogP contribution in [0.2, 0.25) is 0 Å². The van der Waals surface area contributed by atoms with Gasteiger partial charge in [-0.3, -0.25) is 4.79 Å². The predicted molar refractivity (Wildman–Crippen MR) is 58.4 cm³/mol. The number of carbonyl (C=O) groups excluding carboxylic acids is 1. The van der Waals surface area contributed by atoms with Crippen LogP contribution in [0.1, 0.15) is 32.6 Å². The maximum absolute atomic E-state index is 11.5. The molecule has 1 fully saturated rings. The number of esters is 1. The van der Waals surface area contributed by atoms with Crippen molar-refractivity contribution in [3.8, 4) is 0 Å². The molecule has 2 N–H and O–H groups in total. The monoisotopic (exact) mass is 221 g/mol. The van der Waals surface area contributed by atoms with E-state index >= 15 is 0 Å². The Bertz CT molecular complexity index is 189. The molecule has 14 heavy (non-hydrogen) atoms. The molecule has 1 saturated carbocycles. The van der Waals surface area contributed by atoms with Crippen LogP contribution >= 0.6 is 12.4 Å². The highest BCUT2D eigenvalue weighted by atomic mass is 35.5. The smallest absolute Gasteiger partial charge is 0.313 e. The summed E-state index contributed by atoms with van der Waals surface area (Å²) in [4.78, 5) is 11.5. The second kappa shape index (κ2) is 5.56. The lowest BCUT2D eigenvalue weighted by Crippen LogP contribution is -2.42. The maximum atomic E-state index is 11.5. The van der Waals surface area contributed by atoms with Gasteiger partial charge >= 0.3 is 5.97 Å². The molecule has 0 atom stereocenters. The first-order chi connectivity index (χ1) is 6.14. The fraction of sp³-hybridized carbons (Fsp3) is 0.900. The number of nitrogens with two attached hydrogens (primary N) is 1. The molecule has 0 saturated heterocycles. The van der Waals surface area contributed by atoms with E-state index in [0.29, 0.717) is 6.54 Å². The lowest BCUT2D eigenvalue weighted by Gasteiger charge is -2.35. The quantitative estimate of drug-likeness (QED) is 0.723. The van der Waals surface area contributed by atoms with Crippen LogP contribution in [-0.2, 0) is 9.53 Å². The lowest BCUT2D eigenvalue weighted by atomic mass is 9.71. The lowest BCUT2D eigenvalue weighted by molar-refractivity contribution is -0.154. The summed E-state index contributed by atoms with van der Waals surface area (Å²) in [6, 6.07) is 0. The first-order valence-electron chi connectivity index (χ1n) is 4.93. The molecule has 0 aliphatic heterocycles. The van der Waals surface area contributed by atoms with Crippen LogP contribution in [0.3, 0.4) is 0 Å². The van der Waals surface area contributed by atoms with Crippen LogP contribution in [-0.4, -0.2) is 19.6 Å². The first-order valence-corrected chi connectivity index (χ1v) is 4.93. The topological polar surface area (TPSA) is 52.3 Å². The number of hydrogen-bond donors (Lipinski definition) is 1. The minimum atomic E-state index is -0.374. The Labute approximate surface area is 91.8 Å². The molecule has 0 aromatic heterocycles. The van der Waals surface area contributed by atoms with Crippen molar-refractivity contribution in [3.63, 3.8) is 0 Å². The summed E-state index contributed by atoms with van der Waals surface area (Å²) in [5.41, 5.74) is 5.29. The number of methoxy groups -OCH3 is 1. The predicted octanol–water partition coefficient (Wildman–Crippen LogP) is 1.74. The average molecular weight is 222 g/mol. The minimum Gasteiger partial charge on any atom is -0.469 e. The Morgan fingerprint density at radius 2 is 2.00 bits per heavy atom. The van der Waals surface area contributed by atoms with E-state index in [1.807, 2.05) is 0 Å². The summed E-state index contributed by atoms with van der Waals surface area (Å²) in [6.07, 6.45) is 3.95. The average Bonchev–Trinajstić information content (AvgIpc) is 2.18. The van der Waals surface area contributed by atoms with Crippen LogP contribution in [0.4, 0.5) is 0 Å². The molecular weight excluding hydrogens is 202 g/mol. The molecule has 0 bridgehead atoms. The normalized spacial score (nSPS) is 31.8. The van der Waals surface area contributed by atoms with Gasteiger partial charge in [0.05, 0.1) is 12.5 Å². The van der Waals surface area contributed by atoms with E-state index in [-0.39, 0.29) is 23.8 Å². The third-order valence-corrected chi connectivity index (χ3v) is 3.24. The highest BCUT2D eigenvalue weighted by molar-refractivity contribution is 5.85. The van der Waals surface area contributed by atoms with Gasteiger partial charge in [-0.25, -0.2) is 0 Å². The van der Waals surface area contributed by atoms with E-state index in [0.717, 1.165) is 31.6 Å². The molecule has 3 nitrogen and oxygen atoms in total. The highest BCUT2D eigenvalue weighted by Gasteiger charge is 2.40. The van der Waals surface area contributed by atoms with Crippen molar-refractivity contribution < 1.29 is 9.53 Å². The number of hydrogen-bond acceptors (Lipinski definition) is 3. The molecule has 4 heteroatoms. The van der Waals surface area contributed by atoms with Crippen LogP contribution in [0.5, 0.6) is 0 Å². The van der Waals surface area contributed by atoms with Gasteiger partial charge in [-0.1, -0.05) is 6.92 Å². The Hall–Kier alpha value is -0.280. The van der Waals surface area contributed by atoms with E-state index in [4.69, 9.17) is 10.5 Å². The van der Waals surface area contributed by atoms with Crippen LogP contribution in [0, 0.1) is 11.3 Å². The van der Waals surface area contributed by atoms with E-state index in [9.17, 15) is 4.79 Å². The van der Waals surface area contributed by atoms with Crippen molar-refractivity contribution in [1.29, 1.82) is 0 Å². The molecule has 0 unspecified atom stereocenters. The molecule has 1 aliphatic carbocycles. The van der Waals surface area contributed by atoms with Gasteiger partial charge in [0.2, 0.25) is 0 Å². The third kappa shape index (κ3) is 2.61. The molecule has 1 aliphatic rings. The van der Waals surface area contributed by atoms with Crippen molar-refractivity contribution in [1.82, 2.24) is 0 Å². The van der Waals surface area contributed by atoms with Crippen molar-refractivity contribution in [3.05, 3.63) is 0 Å². The van der Waals surface area contributed by atoms with Gasteiger partial charge in [-0.2, -0.15) is 0 Å². The zero-order valence-corrected chi connectivity index (χ0v) is 9.73. The maximum Gasteiger partial charge on any atom is 0.313 e. The zero-order chi connectivity index (χ0) is 9.90. The SMILES string of the molecule is COC(=O)C1(CN)CCC(C)CC1.Cl. The standard InChI is InChI=1S/C10H19NO2.ClH/c1-8-3-5-10(7-11,6-4-8)9(12)13-2;/h8H,3-7,11H2,1-2H3;1H. The van der Waals surface area contributed by atoms with Gasteiger partial charge in [0.1, 0.15) is 0 Å². The molecule has 0 amide bonds. The van der Waals surface area contributed by atoms with Gasteiger partial charge < -0.3 is 10.5 Å². The molecule has 0 spiro atoms. The minimum absolute atomic E-state index is 0. The Kier molecular flexibility index (Phi) is 5.45. The summed E-state index contributed by atoms with van der Waals surface area (Å²) in [5, 5.41) is 0. The van der Waals surface area contributed by atoms with Gasteiger partial charge in [0, 0.05) is 6.54 Å². The van der Waals surface area contributed by atoms with Crippen LogP contribution in [0.25, 0.3) is 0 Å². The zero-order valence-electron chi connectivity index (χ0n) is 8.91. The number of halogens is 1. The van der Waals surface area contributed by atoms with E-state index in [1.54, 1.807) is 0 Å². The Morgan fingerprint density at radius 3 is 2.36 bits per heavy atom. The van der Waals surface area contributed by atoms with Gasteiger partial charge in [-0.05, 0) is 31.6 Å². The van der Waals surface area contributed by atoms with E-state index < -0.39 is 0 Å². The number of rotatable bonds is 2. The van der Waals surface area contributed by atoms with E-state index in [2.05, 4.69) is 6.92 Å². The van der Waals surface area contributed by atoms with Gasteiger partial charge in [0.15, 0.2) is 0 Å². The molecular formula is C10H20ClNO2. The van der Waals surface area contributed by atoms with Crippen LogP contribution < -0.4 is 5.73 Å².